The van der Waals surface area contributed by atoms with Crippen molar-refractivity contribution < 1.29 is 4.74 Å². The average Bonchev–Trinajstić information content (AvgIpc) is 2.78. The molecule has 1 aromatic carbocycles. The zero-order valence-corrected chi connectivity index (χ0v) is 11.1. The standard InChI is InChI=1S/C13H18N2OS/c1-10(14-8-5-9-16-2)13-15-11-6-3-4-7-12(11)17-13/h3-4,6-7,10,14H,5,8-9H2,1-2H3. The Labute approximate surface area is 106 Å². The summed E-state index contributed by atoms with van der Waals surface area (Å²) in [6.45, 7) is 3.93. The molecule has 4 heteroatoms. The van der Waals surface area contributed by atoms with Gasteiger partial charge in [-0.25, -0.2) is 4.98 Å². The molecule has 0 saturated heterocycles. The van der Waals surface area contributed by atoms with Gasteiger partial charge < -0.3 is 10.1 Å². The molecule has 1 unspecified atom stereocenters. The number of ether oxygens (including phenoxy) is 1. The number of fused-ring (bicyclic) bond motifs is 1. The number of thiazole rings is 1. The molecular formula is C13H18N2OS. The summed E-state index contributed by atoms with van der Waals surface area (Å²) in [5, 5.41) is 4.62. The summed E-state index contributed by atoms with van der Waals surface area (Å²) in [5.74, 6) is 0. The number of hydrogen-bond acceptors (Lipinski definition) is 4. The highest BCUT2D eigenvalue weighted by Crippen LogP contribution is 2.25. The minimum atomic E-state index is 0.309. The van der Waals surface area contributed by atoms with Gasteiger partial charge in [0.05, 0.1) is 16.3 Å². The molecule has 0 saturated carbocycles. The lowest BCUT2D eigenvalue weighted by Crippen LogP contribution is -2.20. The van der Waals surface area contributed by atoms with E-state index in [1.807, 2.05) is 6.07 Å². The van der Waals surface area contributed by atoms with Crippen molar-refractivity contribution >= 4 is 21.6 Å². The summed E-state index contributed by atoms with van der Waals surface area (Å²) in [4.78, 5) is 4.64. The Morgan fingerprint density at radius 2 is 2.24 bits per heavy atom. The van der Waals surface area contributed by atoms with E-state index in [4.69, 9.17) is 4.74 Å². The molecule has 0 amide bonds. The van der Waals surface area contributed by atoms with E-state index in [0.717, 1.165) is 30.1 Å². The van der Waals surface area contributed by atoms with Gasteiger partial charge in [0.25, 0.3) is 0 Å². The molecular weight excluding hydrogens is 232 g/mol. The molecule has 0 spiro atoms. The lowest BCUT2D eigenvalue weighted by atomic mass is 10.3. The number of nitrogens with one attached hydrogen (secondary N) is 1. The maximum atomic E-state index is 5.02. The van der Waals surface area contributed by atoms with E-state index in [1.165, 1.54) is 4.70 Å². The fourth-order valence-corrected chi connectivity index (χ4v) is 2.69. The first kappa shape index (κ1) is 12.5. The van der Waals surface area contributed by atoms with Crippen LogP contribution in [-0.4, -0.2) is 25.2 Å². The van der Waals surface area contributed by atoms with Gasteiger partial charge in [0, 0.05) is 13.7 Å². The zero-order valence-electron chi connectivity index (χ0n) is 10.3. The Bertz CT molecular complexity index is 436. The SMILES string of the molecule is COCCCNC(C)c1nc2ccccc2s1. The maximum Gasteiger partial charge on any atom is 0.111 e. The van der Waals surface area contributed by atoms with Crippen molar-refractivity contribution in [3.8, 4) is 0 Å². The molecule has 17 heavy (non-hydrogen) atoms. The van der Waals surface area contributed by atoms with Crippen molar-refractivity contribution in [3.05, 3.63) is 29.3 Å². The minimum Gasteiger partial charge on any atom is -0.385 e. The fraction of sp³-hybridized carbons (Fsp3) is 0.462. The van der Waals surface area contributed by atoms with Crippen LogP contribution in [0.15, 0.2) is 24.3 Å². The summed E-state index contributed by atoms with van der Waals surface area (Å²) in [5.41, 5.74) is 1.10. The van der Waals surface area contributed by atoms with Crippen molar-refractivity contribution in [3.63, 3.8) is 0 Å². The minimum absolute atomic E-state index is 0.309. The second kappa shape index (κ2) is 6.10. The monoisotopic (exact) mass is 250 g/mol. The van der Waals surface area contributed by atoms with Crippen LogP contribution >= 0.6 is 11.3 Å². The molecule has 1 atom stereocenters. The molecule has 0 aliphatic heterocycles. The highest BCUT2D eigenvalue weighted by Gasteiger charge is 2.10. The van der Waals surface area contributed by atoms with Crippen molar-refractivity contribution in [1.29, 1.82) is 0 Å². The average molecular weight is 250 g/mol. The summed E-state index contributed by atoms with van der Waals surface area (Å²) >= 11 is 1.76. The third-order valence-electron chi connectivity index (χ3n) is 2.66. The van der Waals surface area contributed by atoms with E-state index in [0.29, 0.717) is 6.04 Å². The number of rotatable bonds is 6. The zero-order chi connectivity index (χ0) is 12.1. The topological polar surface area (TPSA) is 34.1 Å². The van der Waals surface area contributed by atoms with Crippen LogP contribution < -0.4 is 5.32 Å². The van der Waals surface area contributed by atoms with Crippen LogP contribution in [0.2, 0.25) is 0 Å². The van der Waals surface area contributed by atoms with Crippen LogP contribution in [-0.2, 0) is 4.74 Å². The van der Waals surface area contributed by atoms with Crippen molar-refractivity contribution in [1.82, 2.24) is 10.3 Å². The smallest absolute Gasteiger partial charge is 0.111 e. The molecule has 2 aromatic rings. The van der Waals surface area contributed by atoms with E-state index in [2.05, 4.69) is 35.4 Å². The molecule has 1 aromatic heterocycles. The Kier molecular flexibility index (Phi) is 4.48. The summed E-state index contributed by atoms with van der Waals surface area (Å²) < 4.78 is 6.28. The van der Waals surface area contributed by atoms with Gasteiger partial charge in [0.1, 0.15) is 5.01 Å². The summed E-state index contributed by atoms with van der Waals surface area (Å²) in [6.07, 6.45) is 1.03. The van der Waals surface area contributed by atoms with Crippen molar-refractivity contribution in [2.24, 2.45) is 0 Å². The Balaban J connectivity index is 1.96. The highest BCUT2D eigenvalue weighted by molar-refractivity contribution is 7.18. The number of methoxy groups -OCH3 is 1. The van der Waals surface area contributed by atoms with Gasteiger partial charge in [-0.05, 0) is 32.0 Å². The molecule has 0 bridgehead atoms. The van der Waals surface area contributed by atoms with E-state index < -0.39 is 0 Å². The van der Waals surface area contributed by atoms with Gasteiger partial charge in [0.2, 0.25) is 0 Å². The molecule has 2 rings (SSSR count). The summed E-state index contributed by atoms with van der Waals surface area (Å²) in [6, 6.07) is 8.58. The third kappa shape index (κ3) is 3.25. The Hall–Kier alpha value is -0.970. The number of hydrogen-bond donors (Lipinski definition) is 1. The van der Waals surface area contributed by atoms with E-state index in [1.54, 1.807) is 18.4 Å². The molecule has 3 nitrogen and oxygen atoms in total. The predicted molar refractivity (Wildman–Crippen MR) is 72.5 cm³/mol. The van der Waals surface area contributed by atoms with Crippen LogP contribution in [0.4, 0.5) is 0 Å². The van der Waals surface area contributed by atoms with Crippen LogP contribution in [0.1, 0.15) is 24.4 Å². The van der Waals surface area contributed by atoms with Gasteiger partial charge in [0.15, 0.2) is 0 Å². The maximum absolute atomic E-state index is 5.02. The lowest BCUT2D eigenvalue weighted by Gasteiger charge is -2.10. The fourth-order valence-electron chi connectivity index (χ4n) is 1.70. The summed E-state index contributed by atoms with van der Waals surface area (Å²) in [7, 11) is 1.73. The van der Waals surface area contributed by atoms with Gasteiger partial charge in [-0.15, -0.1) is 11.3 Å². The first-order valence-corrected chi connectivity index (χ1v) is 6.70. The quantitative estimate of drug-likeness (QED) is 0.800. The highest BCUT2D eigenvalue weighted by atomic mass is 32.1. The van der Waals surface area contributed by atoms with Crippen LogP contribution in [0.5, 0.6) is 0 Å². The van der Waals surface area contributed by atoms with Gasteiger partial charge in [-0.1, -0.05) is 12.1 Å². The normalized spacial score (nSPS) is 13.1. The first-order chi connectivity index (χ1) is 8.31. The third-order valence-corrected chi connectivity index (χ3v) is 3.88. The van der Waals surface area contributed by atoms with Crippen molar-refractivity contribution in [2.45, 2.75) is 19.4 Å². The predicted octanol–water partition coefficient (Wildman–Crippen LogP) is 2.98. The lowest BCUT2D eigenvalue weighted by molar-refractivity contribution is 0.193. The molecule has 0 radical (unpaired) electrons. The number of para-hydroxylation sites is 1. The van der Waals surface area contributed by atoms with Crippen LogP contribution in [0.3, 0.4) is 0 Å². The molecule has 0 aliphatic rings. The second-order valence-corrected chi connectivity index (χ2v) is 5.10. The molecule has 0 fully saturated rings. The molecule has 92 valence electrons. The van der Waals surface area contributed by atoms with Crippen molar-refractivity contribution in [2.75, 3.05) is 20.3 Å². The van der Waals surface area contributed by atoms with Gasteiger partial charge >= 0.3 is 0 Å². The molecule has 1 N–H and O–H groups in total. The molecule has 1 heterocycles. The van der Waals surface area contributed by atoms with E-state index in [9.17, 15) is 0 Å². The number of nitrogens with zero attached hydrogens (tertiary/aromatic N) is 1. The Morgan fingerprint density at radius 1 is 1.41 bits per heavy atom. The first-order valence-electron chi connectivity index (χ1n) is 5.89. The number of benzene rings is 1. The Morgan fingerprint density at radius 3 is 3.00 bits per heavy atom. The molecule has 0 aliphatic carbocycles. The van der Waals surface area contributed by atoms with E-state index >= 15 is 0 Å². The van der Waals surface area contributed by atoms with Crippen LogP contribution in [0, 0.1) is 0 Å². The van der Waals surface area contributed by atoms with Gasteiger partial charge in [-0.3, -0.25) is 0 Å². The van der Waals surface area contributed by atoms with Gasteiger partial charge in [-0.2, -0.15) is 0 Å². The van der Waals surface area contributed by atoms with E-state index in [-0.39, 0.29) is 0 Å². The second-order valence-electron chi connectivity index (χ2n) is 4.04. The largest absolute Gasteiger partial charge is 0.385 e. The van der Waals surface area contributed by atoms with Crippen LogP contribution in [0.25, 0.3) is 10.2 Å². The number of aromatic nitrogens is 1.